The van der Waals surface area contributed by atoms with Crippen LogP contribution in [0.1, 0.15) is 168 Å². The van der Waals surface area contributed by atoms with Crippen molar-refractivity contribution < 1.29 is 9.59 Å². The van der Waals surface area contributed by atoms with Crippen molar-refractivity contribution in [3.8, 4) is 0 Å². The summed E-state index contributed by atoms with van der Waals surface area (Å²) in [7, 11) is 0. The molecule has 0 aliphatic heterocycles. The van der Waals surface area contributed by atoms with Gasteiger partial charge in [-0.1, -0.05) is 142 Å². The third-order valence-electron chi connectivity index (χ3n) is 6.29. The lowest BCUT2D eigenvalue weighted by Gasteiger charge is -2.05. The zero-order valence-electron chi connectivity index (χ0n) is 21.3. The molecule has 0 aromatic carbocycles. The van der Waals surface area contributed by atoms with Crippen LogP contribution in [0, 0.1) is 0 Å². The Labute approximate surface area is 194 Å². The molecule has 3 nitrogen and oxygen atoms in total. The van der Waals surface area contributed by atoms with Gasteiger partial charge in [-0.3, -0.25) is 14.9 Å². The van der Waals surface area contributed by atoms with Gasteiger partial charge in [-0.05, 0) is 12.8 Å². The standard InChI is InChI=1S/C28H55NO2/c1-3-5-7-9-11-12-13-14-15-16-17-18-20-22-24-26-28(31)29-27(30)25-23-21-19-10-8-6-4-2/h3-26H2,1-2H3,(H,29,30,31). The van der Waals surface area contributed by atoms with E-state index in [1.165, 1.54) is 116 Å². The van der Waals surface area contributed by atoms with Crippen LogP contribution in [0.25, 0.3) is 0 Å². The van der Waals surface area contributed by atoms with E-state index in [1.807, 2.05) is 0 Å². The highest BCUT2D eigenvalue weighted by Crippen LogP contribution is 2.14. The minimum Gasteiger partial charge on any atom is -0.296 e. The Hall–Kier alpha value is -0.860. The topological polar surface area (TPSA) is 46.2 Å². The van der Waals surface area contributed by atoms with Crippen molar-refractivity contribution in [3.63, 3.8) is 0 Å². The summed E-state index contributed by atoms with van der Waals surface area (Å²) in [6.45, 7) is 4.50. The average Bonchev–Trinajstić information content (AvgIpc) is 2.75. The van der Waals surface area contributed by atoms with Crippen molar-refractivity contribution in [1.29, 1.82) is 0 Å². The Morgan fingerprint density at radius 2 is 0.613 bits per heavy atom. The molecule has 31 heavy (non-hydrogen) atoms. The summed E-state index contributed by atoms with van der Waals surface area (Å²) in [5.41, 5.74) is 0. The van der Waals surface area contributed by atoms with Crippen LogP contribution in [-0.2, 0) is 9.59 Å². The molecule has 1 N–H and O–H groups in total. The second-order valence-electron chi connectivity index (χ2n) is 9.54. The van der Waals surface area contributed by atoms with Crippen LogP contribution < -0.4 is 5.32 Å². The molecule has 0 aromatic rings. The molecule has 0 fully saturated rings. The number of nitrogens with one attached hydrogen (secondary N) is 1. The number of hydrogen-bond acceptors (Lipinski definition) is 2. The van der Waals surface area contributed by atoms with Gasteiger partial charge in [-0.15, -0.1) is 0 Å². The van der Waals surface area contributed by atoms with Gasteiger partial charge in [0, 0.05) is 12.8 Å². The van der Waals surface area contributed by atoms with Gasteiger partial charge in [0.2, 0.25) is 11.8 Å². The highest BCUT2D eigenvalue weighted by Gasteiger charge is 2.07. The maximum absolute atomic E-state index is 11.9. The molecule has 0 saturated carbocycles. The van der Waals surface area contributed by atoms with E-state index < -0.39 is 0 Å². The molecule has 0 heterocycles. The Kier molecular flexibility index (Phi) is 24.7. The molecule has 0 bridgehead atoms. The lowest BCUT2D eigenvalue weighted by atomic mass is 10.0. The maximum Gasteiger partial charge on any atom is 0.226 e. The summed E-state index contributed by atoms with van der Waals surface area (Å²) >= 11 is 0. The fraction of sp³-hybridized carbons (Fsp3) is 0.929. The average molecular weight is 438 g/mol. The molecular formula is C28H55NO2. The molecule has 0 aliphatic rings. The first kappa shape index (κ1) is 30.1. The number of hydrogen-bond donors (Lipinski definition) is 1. The van der Waals surface area contributed by atoms with E-state index in [9.17, 15) is 9.59 Å². The van der Waals surface area contributed by atoms with Crippen LogP contribution in [0.2, 0.25) is 0 Å². The molecule has 3 heteroatoms. The number of rotatable bonds is 24. The summed E-state index contributed by atoms with van der Waals surface area (Å²) < 4.78 is 0. The molecule has 0 radical (unpaired) electrons. The molecule has 0 saturated heterocycles. The molecule has 0 aromatic heterocycles. The summed E-state index contributed by atoms with van der Waals surface area (Å²) in [5.74, 6) is -0.165. The summed E-state index contributed by atoms with van der Waals surface area (Å²) in [6.07, 6.45) is 29.3. The zero-order valence-corrected chi connectivity index (χ0v) is 21.3. The minimum absolute atomic E-state index is 0.0809. The van der Waals surface area contributed by atoms with Crippen LogP contribution in [0.5, 0.6) is 0 Å². The molecule has 0 rings (SSSR count). The van der Waals surface area contributed by atoms with Crippen LogP contribution in [-0.4, -0.2) is 11.8 Å². The van der Waals surface area contributed by atoms with E-state index in [4.69, 9.17) is 0 Å². The van der Waals surface area contributed by atoms with E-state index in [1.54, 1.807) is 0 Å². The van der Waals surface area contributed by atoms with Crippen molar-refractivity contribution in [2.75, 3.05) is 0 Å². The molecule has 2 amide bonds. The van der Waals surface area contributed by atoms with Crippen LogP contribution in [0.3, 0.4) is 0 Å². The first-order valence-corrected chi connectivity index (χ1v) is 14.0. The summed E-state index contributed by atoms with van der Waals surface area (Å²) in [5, 5.41) is 2.56. The molecule has 184 valence electrons. The van der Waals surface area contributed by atoms with Gasteiger partial charge in [0.1, 0.15) is 0 Å². The van der Waals surface area contributed by atoms with Gasteiger partial charge in [0.25, 0.3) is 0 Å². The number of amides is 2. The van der Waals surface area contributed by atoms with Crippen molar-refractivity contribution >= 4 is 11.8 Å². The number of imide groups is 1. The van der Waals surface area contributed by atoms with Gasteiger partial charge >= 0.3 is 0 Å². The Balaban J connectivity index is 3.27. The predicted molar refractivity (Wildman–Crippen MR) is 135 cm³/mol. The molecule has 0 atom stereocenters. The quantitative estimate of drug-likeness (QED) is 0.153. The third-order valence-corrected chi connectivity index (χ3v) is 6.29. The zero-order chi connectivity index (χ0) is 22.8. The van der Waals surface area contributed by atoms with Gasteiger partial charge in [0.15, 0.2) is 0 Å². The van der Waals surface area contributed by atoms with Gasteiger partial charge in [-0.2, -0.15) is 0 Å². The highest BCUT2D eigenvalue weighted by molar-refractivity contribution is 5.95. The second-order valence-corrected chi connectivity index (χ2v) is 9.54. The van der Waals surface area contributed by atoms with Crippen LogP contribution >= 0.6 is 0 Å². The third kappa shape index (κ3) is 25.3. The minimum atomic E-state index is -0.0838. The van der Waals surface area contributed by atoms with Gasteiger partial charge < -0.3 is 0 Å². The normalized spacial score (nSPS) is 11.0. The molecular weight excluding hydrogens is 382 g/mol. The van der Waals surface area contributed by atoms with Gasteiger partial charge in [0.05, 0.1) is 0 Å². The maximum atomic E-state index is 11.9. The van der Waals surface area contributed by atoms with E-state index in [0.29, 0.717) is 12.8 Å². The van der Waals surface area contributed by atoms with E-state index in [-0.39, 0.29) is 11.8 Å². The first-order valence-electron chi connectivity index (χ1n) is 14.0. The smallest absolute Gasteiger partial charge is 0.226 e. The highest BCUT2D eigenvalue weighted by atomic mass is 16.2. The fourth-order valence-electron chi connectivity index (χ4n) is 4.18. The van der Waals surface area contributed by atoms with E-state index >= 15 is 0 Å². The molecule has 0 unspecified atom stereocenters. The van der Waals surface area contributed by atoms with Crippen LogP contribution in [0.15, 0.2) is 0 Å². The largest absolute Gasteiger partial charge is 0.296 e. The predicted octanol–water partition coefficient (Wildman–Crippen LogP) is 9.03. The van der Waals surface area contributed by atoms with Crippen molar-refractivity contribution in [1.82, 2.24) is 5.32 Å². The van der Waals surface area contributed by atoms with E-state index in [2.05, 4.69) is 19.2 Å². The first-order chi connectivity index (χ1) is 15.2. The van der Waals surface area contributed by atoms with Crippen molar-refractivity contribution in [2.45, 2.75) is 168 Å². The number of unbranched alkanes of at least 4 members (excludes halogenated alkanes) is 20. The number of carbonyl (C=O) groups excluding carboxylic acids is 2. The monoisotopic (exact) mass is 437 g/mol. The lowest BCUT2D eigenvalue weighted by Crippen LogP contribution is -2.29. The Bertz CT molecular complexity index is 394. The molecule has 0 aliphatic carbocycles. The van der Waals surface area contributed by atoms with Gasteiger partial charge in [-0.25, -0.2) is 0 Å². The lowest BCUT2D eigenvalue weighted by molar-refractivity contribution is -0.130. The SMILES string of the molecule is CCCCCCCCCCCCCCCCCC(=O)NC(=O)CCCCCCCCC. The Morgan fingerprint density at radius 1 is 0.387 bits per heavy atom. The van der Waals surface area contributed by atoms with Crippen LogP contribution in [0.4, 0.5) is 0 Å². The molecule has 0 spiro atoms. The summed E-state index contributed by atoms with van der Waals surface area (Å²) in [4.78, 5) is 23.7. The number of carbonyl (C=O) groups is 2. The van der Waals surface area contributed by atoms with Crippen molar-refractivity contribution in [3.05, 3.63) is 0 Å². The Morgan fingerprint density at radius 3 is 0.871 bits per heavy atom. The van der Waals surface area contributed by atoms with E-state index in [0.717, 1.165) is 25.7 Å². The second kappa shape index (κ2) is 25.4. The van der Waals surface area contributed by atoms with Crippen molar-refractivity contribution in [2.24, 2.45) is 0 Å². The fourth-order valence-corrected chi connectivity index (χ4v) is 4.18. The summed E-state index contributed by atoms with van der Waals surface area (Å²) in [6, 6.07) is 0.